The van der Waals surface area contributed by atoms with Crippen LogP contribution in [-0.4, -0.2) is 8.42 Å². The smallest absolute Gasteiger partial charge is 0.262 e. The van der Waals surface area contributed by atoms with Gasteiger partial charge in [0.15, 0.2) is 0 Å². The van der Waals surface area contributed by atoms with Crippen LogP contribution < -0.4 is 10.5 Å². The number of nitrogen functional groups attached to an aromatic ring is 1. The maximum Gasteiger partial charge on any atom is 0.262 e. The van der Waals surface area contributed by atoms with E-state index in [4.69, 9.17) is 17.3 Å². The predicted molar refractivity (Wildman–Crippen MR) is 85.5 cm³/mol. The van der Waals surface area contributed by atoms with E-state index in [9.17, 15) is 12.8 Å². The molecule has 0 bridgehead atoms. The Morgan fingerprint density at radius 1 is 1.29 bits per heavy atom. The van der Waals surface area contributed by atoms with Crippen molar-refractivity contribution in [3.8, 4) is 0 Å². The molecule has 0 saturated carbocycles. The SMILES string of the molecule is Cc1cc(N)ccc1S(=O)(=O)Nc1c(Cl)cc(F)cc1Br. The van der Waals surface area contributed by atoms with Crippen molar-refractivity contribution >= 4 is 48.9 Å². The van der Waals surface area contributed by atoms with Crippen LogP contribution in [0.3, 0.4) is 0 Å². The van der Waals surface area contributed by atoms with E-state index < -0.39 is 15.8 Å². The van der Waals surface area contributed by atoms with Gasteiger partial charge in [0.2, 0.25) is 0 Å². The number of hydrogen-bond acceptors (Lipinski definition) is 3. The third kappa shape index (κ3) is 3.48. The van der Waals surface area contributed by atoms with Crippen molar-refractivity contribution in [2.45, 2.75) is 11.8 Å². The molecule has 0 aliphatic carbocycles. The third-order valence-corrected chi connectivity index (χ3v) is 5.17. The van der Waals surface area contributed by atoms with Gasteiger partial charge in [-0.1, -0.05) is 11.6 Å². The van der Waals surface area contributed by atoms with Crippen LogP contribution >= 0.6 is 27.5 Å². The predicted octanol–water partition coefficient (Wildman–Crippen LogP) is 3.93. The van der Waals surface area contributed by atoms with Crippen molar-refractivity contribution in [3.05, 3.63) is 51.2 Å². The standard InChI is InChI=1S/C13H11BrClFN2O2S/c1-7-4-9(17)2-3-12(7)21(19,20)18-13-10(14)5-8(16)6-11(13)15/h2-6,18H,17H2,1H3. The largest absolute Gasteiger partial charge is 0.399 e. The Balaban J connectivity index is 2.47. The lowest BCUT2D eigenvalue weighted by Gasteiger charge is -2.13. The Bertz CT molecular complexity index is 789. The fourth-order valence-corrected chi connectivity index (χ4v) is 4.22. The fraction of sp³-hybridized carbons (Fsp3) is 0.0769. The molecule has 0 fully saturated rings. The molecule has 0 atom stereocenters. The molecule has 0 heterocycles. The number of benzene rings is 2. The zero-order valence-corrected chi connectivity index (χ0v) is 14.0. The molecule has 0 radical (unpaired) electrons. The van der Waals surface area contributed by atoms with Gasteiger partial charge in [0.25, 0.3) is 10.0 Å². The molecule has 2 aromatic carbocycles. The molecule has 0 amide bonds. The van der Waals surface area contributed by atoms with Crippen molar-refractivity contribution in [3.63, 3.8) is 0 Å². The molecule has 21 heavy (non-hydrogen) atoms. The molecule has 112 valence electrons. The first-order valence-corrected chi connectivity index (χ1v) is 8.39. The van der Waals surface area contributed by atoms with Gasteiger partial charge in [-0.15, -0.1) is 0 Å². The van der Waals surface area contributed by atoms with Gasteiger partial charge in [-0.05, 0) is 58.7 Å². The first kappa shape index (κ1) is 16.1. The molecule has 8 heteroatoms. The van der Waals surface area contributed by atoms with Crippen LogP contribution in [0.25, 0.3) is 0 Å². The van der Waals surface area contributed by atoms with E-state index in [0.717, 1.165) is 12.1 Å². The zero-order valence-electron chi connectivity index (χ0n) is 10.8. The molecule has 2 aromatic rings. The van der Waals surface area contributed by atoms with Crippen LogP contribution in [0.4, 0.5) is 15.8 Å². The van der Waals surface area contributed by atoms with E-state index in [1.807, 2.05) is 0 Å². The lowest BCUT2D eigenvalue weighted by atomic mass is 10.2. The monoisotopic (exact) mass is 392 g/mol. The van der Waals surface area contributed by atoms with Crippen LogP contribution in [0.5, 0.6) is 0 Å². The van der Waals surface area contributed by atoms with E-state index in [1.165, 1.54) is 12.1 Å². The summed E-state index contributed by atoms with van der Waals surface area (Å²) in [6, 6.07) is 6.59. The molecular formula is C13H11BrClFN2O2S. The van der Waals surface area contributed by atoms with E-state index in [1.54, 1.807) is 13.0 Å². The quantitative estimate of drug-likeness (QED) is 0.776. The Kier molecular flexibility index (Phi) is 4.46. The van der Waals surface area contributed by atoms with Gasteiger partial charge in [0.05, 0.1) is 15.6 Å². The minimum atomic E-state index is -3.86. The first-order valence-electron chi connectivity index (χ1n) is 5.74. The maximum absolute atomic E-state index is 13.2. The number of hydrogen-bond donors (Lipinski definition) is 2. The minimum absolute atomic E-state index is 0.0430. The molecular weight excluding hydrogens is 383 g/mol. The second kappa shape index (κ2) is 5.82. The van der Waals surface area contributed by atoms with Gasteiger partial charge in [-0.2, -0.15) is 0 Å². The average Bonchev–Trinajstić information content (AvgIpc) is 2.33. The van der Waals surface area contributed by atoms with Gasteiger partial charge >= 0.3 is 0 Å². The number of aryl methyl sites for hydroxylation is 1. The van der Waals surface area contributed by atoms with Gasteiger partial charge in [0.1, 0.15) is 5.82 Å². The van der Waals surface area contributed by atoms with Crippen LogP contribution in [0.15, 0.2) is 39.7 Å². The molecule has 0 spiro atoms. The van der Waals surface area contributed by atoms with Crippen molar-refractivity contribution < 1.29 is 12.8 Å². The van der Waals surface area contributed by atoms with Crippen molar-refractivity contribution in [1.82, 2.24) is 0 Å². The van der Waals surface area contributed by atoms with E-state index in [2.05, 4.69) is 20.7 Å². The van der Waals surface area contributed by atoms with Crippen molar-refractivity contribution in [2.75, 3.05) is 10.5 Å². The molecule has 0 unspecified atom stereocenters. The van der Waals surface area contributed by atoms with Crippen LogP contribution in [0.2, 0.25) is 5.02 Å². The second-order valence-electron chi connectivity index (χ2n) is 4.37. The Morgan fingerprint density at radius 3 is 2.52 bits per heavy atom. The zero-order chi connectivity index (χ0) is 15.8. The summed E-state index contributed by atoms with van der Waals surface area (Å²) in [5.41, 5.74) is 6.64. The normalized spacial score (nSPS) is 11.4. The number of nitrogens with one attached hydrogen (secondary N) is 1. The summed E-state index contributed by atoms with van der Waals surface area (Å²) in [6.45, 7) is 1.63. The van der Waals surface area contributed by atoms with Crippen LogP contribution in [0, 0.1) is 12.7 Å². The van der Waals surface area contributed by atoms with Gasteiger partial charge in [-0.25, -0.2) is 12.8 Å². The highest BCUT2D eigenvalue weighted by Crippen LogP contribution is 2.33. The number of sulfonamides is 1. The Labute approximate surface area is 135 Å². The Morgan fingerprint density at radius 2 is 1.95 bits per heavy atom. The third-order valence-electron chi connectivity index (χ3n) is 2.73. The highest BCUT2D eigenvalue weighted by atomic mass is 79.9. The van der Waals surface area contributed by atoms with Crippen LogP contribution in [-0.2, 0) is 10.0 Å². The van der Waals surface area contributed by atoms with Crippen molar-refractivity contribution in [1.29, 1.82) is 0 Å². The van der Waals surface area contributed by atoms with E-state index in [-0.39, 0.29) is 20.1 Å². The fourth-order valence-electron chi connectivity index (χ4n) is 1.80. The number of rotatable bonds is 3. The minimum Gasteiger partial charge on any atom is -0.399 e. The molecule has 0 saturated heterocycles. The summed E-state index contributed by atoms with van der Waals surface area (Å²) >= 11 is 8.96. The Hall–Kier alpha value is -1.31. The molecule has 3 N–H and O–H groups in total. The van der Waals surface area contributed by atoms with Gasteiger partial charge in [0, 0.05) is 10.2 Å². The lowest BCUT2D eigenvalue weighted by Crippen LogP contribution is -2.15. The number of nitrogens with two attached hydrogens (primary N) is 1. The first-order chi connectivity index (χ1) is 9.70. The van der Waals surface area contributed by atoms with Gasteiger partial charge in [-0.3, -0.25) is 4.72 Å². The van der Waals surface area contributed by atoms with Gasteiger partial charge < -0.3 is 5.73 Å². The van der Waals surface area contributed by atoms with E-state index >= 15 is 0 Å². The molecule has 2 rings (SSSR count). The molecule has 4 nitrogen and oxygen atoms in total. The molecule has 0 aliphatic heterocycles. The number of halogens is 3. The van der Waals surface area contributed by atoms with E-state index in [0.29, 0.717) is 11.3 Å². The summed E-state index contributed by atoms with van der Waals surface area (Å²) in [4.78, 5) is 0.0731. The maximum atomic E-state index is 13.2. The summed E-state index contributed by atoms with van der Waals surface area (Å²) in [5.74, 6) is -0.571. The topological polar surface area (TPSA) is 72.2 Å². The molecule has 0 aliphatic rings. The highest BCUT2D eigenvalue weighted by molar-refractivity contribution is 9.10. The summed E-state index contributed by atoms with van der Waals surface area (Å²) in [7, 11) is -3.86. The average molecular weight is 394 g/mol. The summed E-state index contributed by atoms with van der Waals surface area (Å²) in [5, 5.41) is -0.0430. The lowest BCUT2D eigenvalue weighted by molar-refractivity contribution is 0.600. The second-order valence-corrected chi connectivity index (χ2v) is 7.29. The number of anilines is 2. The summed E-state index contributed by atoms with van der Waals surface area (Å²) < 4.78 is 40.5. The summed E-state index contributed by atoms with van der Waals surface area (Å²) in [6.07, 6.45) is 0. The highest BCUT2D eigenvalue weighted by Gasteiger charge is 2.20. The molecule has 0 aromatic heterocycles. The van der Waals surface area contributed by atoms with Crippen molar-refractivity contribution in [2.24, 2.45) is 0 Å². The van der Waals surface area contributed by atoms with Crippen LogP contribution in [0.1, 0.15) is 5.56 Å².